The van der Waals surface area contributed by atoms with Gasteiger partial charge in [0, 0.05) is 12.0 Å². The summed E-state index contributed by atoms with van der Waals surface area (Å²) in [5.41, 5.74) is 3.04. The van der Waals surface area contributed by atoms with E-state index in [1.54, 1.807) is 40.4 Å². The van der Waals surface area contributed by atoms with Gasteiger partial charge in [0.1, 0.15) is 0 Å². The van der Waals surface area contributed by atoms with Gasteiger partial charge in [-0.3, -0.25) is 9.59 Å². The first-order chi connectivity index (χ1) is 14.5. The van der Waals surface area contributed by atoms with Crippen LogP contribution in [0.15, 0.2) is 29.1 Å². The highest BCUT2D eigenvalue weighted by atomic mass is 16.5. The van der Waals surface area contributed by atoms with E-state index in [9.17, 15) is 9.59 Å². The third kappa shape index (κ3) is 3.79. The summed E-state index contributed by atoms with van der Waals surface area (Å²) >= 11 is 0. The molecule has 0 saturated heterocycles. The van der Waals surface area contributed by atoms with Crippen molar-refractivity contribution in [2.75, 3.05) is 28.4 Å². The Morgan fingerprint density at radius 2 is 1.70 bits per heavy atom. The molecule has 0 fully saturated rings. The second-order valence-corrected chi connectivity index (χ2v) is 6.97. The first-order valence-corrected chi connectivity index (χ1v) is 9.82. The largest absolute Gasteiger partial charge is 0.493 e. The average Bonchev–Trinajstić information content (AvgIpc) is 3.00. The Bertz CT molecular complexity index is 1020. The fraction of sp³-hybridized carbons (Fsp3) is 0.391. The van der Waals surface area contributed by atoms with Gasteiger partial charge in [-0.1, -0.05) is 13.0 Å². The number of hydrogen-bond donors (Lipinski definition) is 1. The number of carbonyl (C=O) groups excluding carboxylic acids is 1. The van der Waals surface area contributed by atoms with E-state index in [-0.39, 0.29) is 23.1 Å². The summed E-state index contributed by atoms with van der Waals surface area (Å²) in [6.45, 7) is 1.80. The van der Waals surface area contributed by atoms with Crippen LogP contribution in [0.5, 0.6) is 23.0 Å². The Hall–Kier alpha value is -3.22. The zero-order valence-electron chi connectivity index (χ0n) is 18.0. The van der Waals surface area contributed by atoms with Crippen LogP contribution in [0.4, 0.5) is 0 Å². The van der Waals surface area contributed by atoms with Crippen molar-refractivity contribution in [3.63, 3.8) is 0 Å². The molecule has 0 unspecified atom stereocenters. The molecule has 2 aromatic rings. The molecule has 3 rings (SSSR count). The molecule has 1 aliphatic rings. The van der Waals surface area contributed by atoms with E-state index in [0.29, 0.717) is 36.5 Å². The minimum atomic E-state index is -0.327. The maximum absolute atomic E-state index is 12.7. The van der Waals surface area contributed by atoms with E-state index >= 15 is 0 Å². The lowest BCUT2D eigenvalue weighted by molar-refractivity contribution is -0.121. The van der Waals surface area contributed by atoms with Crippen LogP contribution in [0, 0.1) is 0 Å². The fourth-order valence-electron chi connectivity index (χ4n) is 3.91. The number of benzene rings is 1. The van der Waals surface area contributed by atoms with Gasteiger partial charge in [0.05, 0.1) is 34.5 Å². The van der Waals surface area contributed by atoms with Crippen molar-refractivity contribution >= 4 is 5.91 Å². The molecule has 0 radical (unpaired) electrons. The summed E-state index contributed by atoms with van der Waals surface area (Å²) in [6, 6.07) is 6.61. The second-order valence-electron chi connectivity index (χ2n) is 6.97. The molecule has 1 N–H and O–H groups in total. The van der Waals surface area contributed by atoms with E-state index in [2.05, 4.69) is 5.32 Å². The van der Waals surface area contributed by atoms with Crippen molar-refractivity contribution in [3.05, 3.63) is 45.6 Å². The highest BCUT2D eigenvalue weighted by Gasteiger charge is 2.29. The van der Waals surface area contributed by atoms with Crippen molar-refractivity contribution in [2.24, 2.45) is 0 Å². The van der Waals surface area contributed by atoms with Gasteiger partial charge < -0.3 is 24.3 Å². The van der Waals surface area contributed by atoms with Crippen LogP contribution in [0.3, 0.4) is 0 Å². The lowest BCUT2D eigenvalue weighted by Gasteiger charge is -2.19. The van der Waals surface area contributed by atoms with Crippen molar-refractivity contribution in [3.8, 4) is 34.1 Å². The minimum Gasteiger partial charge on any atom is -0.493 e. The molecule has 7 nitrogen and oxygen atoms in total. The predicted molar refractivity (Wildman–Crippen MR) is 114 cm³/mol. The number of methoxy groups -OCH3 is 4. The van der Waals surface area contributed by atoms with Gasteiger partial charge in [-0.15, -0.1) is 0 Å². The normalized spacial score (nSPS) is 14.6. The summed E-state index contributed by atoms with van der Waals surface area (Å²) in [7, 11) is 6.16. The Morgan fingerprint density at radius 3 is 2.30 bits per heavy atom. The van der Waals surface area contributed by atoms with E-state index < -0.39 is 0 Å². The zero-order valence-corrected chi connectivity index (χ0v) is 18.0. The first-order valence-electron chi connectivity index (χ1n) is 9.82. The molecule has 160 valence electrons. The number of fused-ring (bicyclic) bond motifs is 3. The van der Waals surface area contributed by atoms with Crippen molar-refractivity contribution < 1.29 is 23.7 Å². The third-order valence-corrected chi connectivity index (χ3v) is 5.38. The first kappa shape index (κ1) is 21.5. The summed E-state index contributed by atoms with van der Waals surface area (Å²) in [5.74, 6) is 1.71. The number of nitrogens with one attached hydrogen (secondary N) is 1. The third-order valence-electron chi connectivity index (χ3n) is 5.38. The van der Waals surface area contributed by atoms with Gasteiger partial charge in [-0.2, -0.15) is 0 Å². The van der Waals surface area contributed by atoms with Crippen molar-refractivity contribution in [1.29, 1.82) is 0 Å². The maximum Gasteiger partial charge on any atom is 0.220 e. The topological polar surface area (TPSA) is 83.1 Å². The Morgan fingerprint density at radius 1 is 1.00 bits per heavy atom. The highest BCUT2D eigenvalue weighted by molar-refractivity contribution is 5.83. The van der Waals surface area contributed by atoms with Crippen LogP contribution in [-0.2, 0) is 11.2 Å². The van der Waals surface area contributed by atoms with Crippen LogP contribution in [-0.4, -0.2) is 34.3 Å². The van der Waals surface area contributed by atoms with Gasteiger partial charge in [0.2, 0.25) is 17.1 Å². The van der Waals surface area contributed by atoms with Gasteiger partial charge in [-0.05, 0) is 47.7 Å². The van der Waals surface area contributed by atoms with E-state index in [0.717, 1.165) is 22.3 Å². The van der Waals surface area contributed by atoms with E-state index in [1.807, 2.05) is 12.1 Å². The van der Waals surface area contributed by atoms with Crippen LogP contribution >= 0.6 is 0 Å². The smallest absolute Gasteiger partial charge is 0.220 e. The van der Waals surface area contributed by atoms with Gasteiger partial charge >= 0.3 is 0 Å². The van der Waals surface area contributed by atoms with Crippen LogP contribution in [0.2, 0.25) is 0 Å². The van der Waals surface area contributed by atoms with Crippen molar-refractivity contribution in [1.82, 2.24) is 5.32 Å². The quantitative estimate of drug-likeness (QED) is 0.783. The van der Waals surface area contributed by atoms with E-state index in [4.69, 9.17) is 18.9 Å². The minimum absolute atomic E-state index is 0.0787. The number of carbonyl (C=O) groups is 1. The Labute approximate surface area is 175 Å². The summed E-state index contributed by atoms with van der Waals surface area (Å²) in [6.07, 6.45) is 1.64. The number of rotatable bonds is 6. The molecule has 0 saturated carbocycles. The number of ether oxygens (including phenoxy) is 4. The lowest BCUT2D eigenvalue weighted by Crippen LogP contribution is -2.28. The zero-order chi connectivity index (χ0) is 21.8. The van der Waals surface area contributed by atoms with E-state index in [1.165, 1.54) is 7.11 Å². The SMILES string of the molecule is CCC(=O)N[C@H]1CCc2cc(OC)c(OC)c(OC)c2-c2ccc(OC)c(=O)cc21. The monoisotopic (exact) mass is 413 g/mol. The summed E-state index contributed by atoms with van der Waals surface area (Å²) in [4.78, 5) is 24.9. The Kier molecular flexibility index (Phi) is 6.50. The van der Waals surface area contributed by atoms with Crippen LogP contribution < -0.4 is 29.7 Å². The predicted octanol–water partition coefficient (Wildman–Crippen LogP) is 3.26. The highest BCUT2D eigenvalue weighted by Crippen LogP contribution is 2.50. The molecule has 30 heavy (non-hydrogen) atoms. The molecule has 2 aromatic carbocycles. The maximum atomic E-state index is 12.7. The number of amides is 1. The van der Waals surface area contributed by atoms with Crippen LogP contribution in [0.25, 0.3) is 11.1 Å². The molecule has 0 heterocycles. The second kappa shape index (κ2) is 9.07. The molecule has 0 spiro atoms. The van der Waals surface area contributed by atoms with Gasteiger partial charge in [0.25, 0.3) is 0 Å². The van der Waals surface area contributed by atoms with Gasteiger partial charge in [-0.25, -0.2) is 0 Å². The Balaban J connectivity index is 2.38. The standard InChI is InChI=1S/C23H27NO6/c1-6-20(26)24-16-9-7-13-11-19(28-3)22(29-4)23(30-5)21(13)14-8-10-18(27-2)17(25)12-15(14)16/h8,10-12,16H,6-7,9H2,1-5H3,(H,24,26)/t16-/m0/s1. The molecule has 0 aromatic heterocycles. The molecule has 0 bridgehead atoms. The van der Waals surface area contributed by atoms with Gasteiger partial charge in [0.15, 0.2) is 17.2 Å². The fourth-order valence-corrected chi connectivity index (χ4v) is 3.91. The number of aryl methyl sites for hydroxylation is 1. The molecule has 1 atom stereocenters. The lowest BCUT2D eigenvalue weighted by atomic mass is 9.95. The molecular formula is C23H27NO6. The number of hydrogen-bond acceptors (Lipinski definition) is 6. The molecule has 1 aliphatic carbocycles. The average molecular weight is 413 g/mol. The molecular weight excluding hydrogens is 386 g/mol. The summed E-state index contributed by atoms with van der Waals surface area (Å²) < 4.78 is 22.1. The molecule has 7 heteroatoms. The van der Waals surface area contributed by atoms with Crippen molar-refractivity contribution in [2.45, 2.75) is 32.2 Å². The summed E-state index contributed by atoms with van der Waals surface area (Å²) in [5, 5.41) is 3.05. The molecule has 0 aliphatic heterocycles. The van der Waals surface area contributed by atoms with Crippen LogP contribution in [0.1, 0.15) is 36.9 Å². The molecule has 1 amide bonds.